The zero-order valence-electron chi connectivity index (χ0n) is 19.2. The minimum absolute atomic E-state index is 0.0181. The Morgan fingerprint density at radius 3 is 2.29 bits per heavy atom. The standard InChI is InChI=1S/C24H34F2N5O2P/c25-24(26,34)16-3-5-18(6-4-16)30-22(27)21(23(28)32)11-29-17-7-9-19(10-8-17)31(12-15-1-2-15)20-13-33-14-20/h3-6,11,15,17,19-20,29H,1-2,7-10,12-14,34H2,(H2,27,30)(H2,28,32)/b21-11+. The van der Waals surface area contributed by atoms with Crippen molar-refractivity contribution in [3.63, 3.8) is 0 Å². The molecule has 2 aliphatic carbocycles. The van der Waals surface area contributed by atoms with Gasteiger partial charge in [-0.2, -0.15) is 8.78 Å². The summed E-state index contributed by atoms with van der Waals surface area (Å²) >= 11 is 0. The molecule has 34 heavy (non-hydrogen) atoms. The molecule has 10 heteroatoms. The molecule has 1 unspecified atom stereocenters. The summed E-state index contributed by atoms with van der Waals surface area (Å²) in [5, 5.41) is 14.3. The van der Waals surface area contributed by atoms with E-state index < -0.39 is 11.6 Å². The molecule has 186 valence electrons. The zero-order valence-corrected chi connectivity index (χ0v) is 20.4. The van der Waals surface area contributed by atoms with Crippen LogP contribution >= 0.6 is 9.24 Å². The minimum atomic E-state index is -3.02. The van der Waals surface area contributed by atoms with Crippen LogP contribution in [0.2, 0.25) is 0 Å². The van der Waals surface area contributed by atoms with Gasteiger partial charge in [0.2, 0.25) is 0 Å². The predicted molar refractivity (Wildman–Crippen MR) is 132 cm³/mol. The summed E-state index contributed by atoms with van der Waals surface area (Å²) in [5.41, 5.74) is 2.77. The second-order valence-corrected chi connectivity index (χ2v) is 10.4. The highest BCUT2D eigenvalue weighted by Crippen LogP contribution is 2.36. The van der Waals surface area contributed by atoms with Gasteiger partial charge < -0.3 is 21.1 Å². The van der Waals surface area contributed by atoms with Crippen LogP contribution in [-0.2, 0) is 15.2 Å². The van der Waals surface area contributed by atoms with Gasteiger partial charge >= 0.3 is 0 Å². The fourth-order valence-corrected chi connectivity index (χ4v) is 4.83. The van der Waals surface area contributed by atoms with E-state index >= 15 is 0 Å². The summed E-state index contributed by atoms with van der Waals surface area (Å²) in [6.45, 7) is 2.86. The Morgan fingerprint density at radius 2 is 1.79 bits per heavy atom. The van der Waals surface area contributed by atoms with Crippen molar-refractivity contribution in [2.75, 3.05) is 25.1 Å². The molecular formula is C24H34F2N5O2P. The lowest BCUT2D eigenvalue weighted by Crippen LogP contribution is -2.55. The van der Waals surface area contributed by atoms with E-state index in [-0.39, 0.29) is 23.0 Å². The number of carbonyl (C=O) groups excluding carboxylic acids is 1. The number of nitrogens with two attached hydrogens (primary N) is 1. The van der Waals surface area contributed by atoms with Crippen LogP contribution in [-0.4, -0.2) is 54.5 Å². The van der Waals surface area contributed by atoms with Crippen LogP contribution in [0.25, 0.3) is 0 Å². The summed E-state index contributed by atoms with van der Waals surface area (Å²) in [5.74, 6) is -0.0587. The molecule has 3 fully saturated rings. The highest BCUT2D eigenvalue weighted by Gasteiger charge is 2.37. The number of halogens is 2. The summed E-state index contributed by atoms with van der Waals surface area (Å²) < 4.78 is 32.2. The fourth-order valence-electron chi connectivity index (χ4n) is 4.64. The molecule has 2 saturated carbocycles. The number of primary amides is 1. The molecule has 3 aliphatic rings. The van der Waals surface area contributed by atoms with Gasteiger partial charge in [-0.15, -0.1) is 0 Å². The van der Waals surface area contributed by atoms with Gasteiger partial charge in [0.05, 0.1) is 24.8 Å². The number of amides is 1. The molecule has 7 nitrogen and oxygen atoms in total. The van der Waals surface area contributed by atoms with E-state index in [4.69, 9.17) is 15.9 Å². The van der Waals surface area contributed by atoms with Crippen molar-refractivity contribution >= 4 is 26.7 Å². The molecule has 1 aromatic carbocycles. The van der Waals surface area contributed by atoms with Gasteiger partial charge in [0.25, 0.3) is 11.6 Å². The third kappa shape index (κ3) is 6.52. The minimum Gasteiger partial charge on any atom is -0.387 e. The molecule has 4 rings (SSSR count). The number of hydrogen-bond acceptors (Lipinski definition) is 5. The van der Waals surface area contributed by atoms with Crippen LogP contribution in [0.3, 0.4) is 0 Å². The van der Waals surface area contributed by atoms with Gasteiger partial charge in [0, 0.05) is 36.1 Å². The number of nitrogens with one attached hydrogen (secondary N) is 3. The maximum Gasteiger partial charge on any atom is 0.283 e. The lowest BCUT2D eigenvalue weighted by atomic mass is 9.89. The van der Waals surface area contributed by atoms with Gasteiger partial charge in [-0.25, -0.2) is 0 Å². The van der Waals surface area contributed by atoms with Gasteiger partial charge in [0.1, 0.15) is 5.84 Å². The first-order chi connectivity index (χ1) is 16.2. The van der Waals surface area contributed by atoms with Crippen molar-refractivity contribution in [2.45, 2.75) is 62.3 Å². The molecule has 1 aromatic rings. The maximum absolute atomic E-state index is 13.4. The molecular weight excluding hydrogens is 459 g/mol. The van der Waals surface area contributed by atoms with Crippen LogP contribution in [0.4, 0.5) is 14.5 Å². The summed E-state index contributed by atoms with van der Waals surface area (Å²) in [7, 11) is 1.49. The zero-order chi connectivity index (χ0) is 24.3. The number of benzene rings is 1. The quantitative estimate of drug-likeness (QED) is 0.173. The van der Waals surface area contributed by atoms with Crippen LogP contribution in [0.15, 0.2) is 36.0 Å². The Balaban J connectivity index is 1.30. The first kappa shape index (κ1) is 25.0. The predicted octanol–water partition coefficient (Wildman–Crippen LogP) is 3.38. The topological polar surface area (TPSA) is 103 Å². The first-order valence-corrected chi connectivity index (χ1v) is 12.5. The molecule has 5 N–H and O–H groups in total. The number of ether oxygens (including phenoxy) is 1. The van der Waals surface area contributed by atoms with E-state index in [1.165, 1.54) is 59.1 Å². The fraction of sp³-hybridized carbons (Fsp3) is 0.583. The second kappa shape index (κ2) is 10.7. The van der Waals surface area contributed by atoms with Gasteiger partial charge in [-0.05, 0) is 56.6 Å². The van der Waals surface area contributed by atoms with E-state index in [9.17, 15) is 13.6 Å². The van der Waals surface area contributed by atoms with Crippen LogP contribution in [0.5, 0.6) is 0 Å². The Kier molecular flexibility index (Phi) is 7.85. The van der Waals surface area contributed by atoms with E-state index in [0.29, 0.717) is 17.8 Å². The molecule has 1 aliphatic heterocycles. The molecule has 1 amide bonds. The van der Waals surface area contributed by atoms with Crippen LogP contribution < -0.4 is 16.4 Å². The number of hydrogen-bond donors (Lipinski definition) is 4. The molecule has 0 bridgehead atoms. The van der Waals surface area contributed by atoms with E-state index in [0.717, 1.165) is 44.8 Å². The lowest BCUT2D eigenvalue weighted by molar-refractivity contribution is -0.114. The number of rotatable bonds is 10. The Labute approximate surface area is 201 Å². The van der Waals surface area contributed by atoms with E-state index in [2.05, 4.69) is 15.5 Å². The summed E-state index contributed by atoms with van der Waals surface area (Å²) in [6.07, 6.45) is 8.33. The van der Waals surface area contributed by atoms with E-state index in [1.54, 1.807) is 0 Å². The Bertz CT molecular complexity index is 905. The summed E-state index contributed by atoms with van der Waals surface area (Å²) in [4.78, 5) is 14.6. The highest BCUT2D eigenvalue weighted by atomic mass is 31.0. The number of alkyl halides is 2. The van der Waals surface area contributed by atoms with Crippen molar-refractivity contribution in [2.24, 2.45) is 11.7 Å². The average Bonchev–Trinajstić information content (AvgIpc) is 3.56. The van der Waals surface area contributed by atoms with Crippen LogP contribution in [0.1, 0.15) is 44.1 Å². The van der Waals surface area contributed by atoms with Gasteiger partial charge in [-0.3, -0.25) is 15.1 Å². The molecule has 0 radical (unpaired) electrons. The molecule has 1 heterocycles. The van der Waals surface area contributed by atoms with Gasteiger partial charge in [0.15, 0.2) is 0 Å². The highest BCUT2D eigenvalue weighted by molar-refractivity contribution is 7.17. The SMILES string of the molecule is N=C(Nc1ccc(C(F)(F)P)cc1)/C(=C\NC1CCC(N(CC2CC2)C2COC2)CC1)C(N)=O. The normalized spacial score (nSPS) is 23.9. The largest absolute Gasteiger partial charge is 0.387 e. The number of carbonyl (C=O) groups is 1. The monoisotopic (exact) mass is 493 g/mol. The van der Waals surface area contributed by atoms with Crippen molar-refractivity contribution in [3.05, 3.63) is 41.6 Å². The van der Waals surface area contributed by atoms with E-state index in [1.807, 2.05) is 0 Å². The average molecular weight is 494 g/mol. The van der Waals surface area contributed by atoms with Crippen LogP contribution in [0, 0.1) is 11.3 Å². The number of nitrogens with zero attached hydrogens (tertiary/aromatic N) is 1. The van der Waals surface area contributed by atoms with Crippen molar-refractivity contribution in [1.82, 2.24) is 10.2 Å². The Hall–Kier alpha value is -2.09. The third-order valence-electron chi connectivity index (χ3n) is 6.96. The van der Waals surface area contributed by atoms with Crippen molar-refractivity contribution in [1.29, 1.82) is 5.41 Å². The number of anilines is 1. The maximum atomic E-state index is 13.4. The van der Waals surface area contributed by atoms with Crippen molar-refractivity contribution in [3.8, 4) is 0 Å². The molecule has 0 spiro atoms. The Morgan fingerprint density at radius 1 is 1.15 bits per heavy atom. The van der Waals surface area contributed by atoms with Crippen molar-refractivity contribution < 1.29 is 18.3 Å². The molecule has 0 aromatic heterocycles. The smallest absolute Gasteiger partial charge is 0.283 e. The second-order valence-electron chi connectivity index (χ2n) is 9.63. The first-order valence-electron chi connectivity index (χ1n) is 11.9. The third-order valence-corrected chi connectivity index (χ3v) is 7.29. The lowest BCUT2D eigenvalue weighted by Gasteiger charge is -2.44. The molecule has 1 saturated heterocycles. The van der Waals surface area contributed by atoms with Gasteiger partial charge in [-0.1, -0.05) is 21.4 Å². The summed E-state index contributed by atoms with van der Waals surface area (Å²) in [6, 6.07) is 6.77. The molecule has 1 atom stereocenters. The number of amidine groups is 1.